The van der Waals surface area contributed by atoms with E-state index in [1.165, 1.54) is 24.5 Å². The lowest BCUT2D eigenvalue weighted by molar-refractivity contribution is 0.440. The highest BCUT2D eigenvalue weighted by Gasteiger charge is 2.03. The van der Waals surface area contributed by atoms with Gasteiger partial charge in [-0.1, -0.05) is 11.6 Å². The monoisotopic (exact) mass is 238 g/mol. The highest BCUT2D eigenvalue weighted by atomic mass is 35.5. The molecule has 0 bridgehead atoms. The number of rotatable bonds is 2. The van der Waals surface area contributed by atoms with Crippen molar-refractivity contribution in [1.82, 2.24) is 9.97 Å². The van der Waals surface area contributed by atoms with Crippen molar-refractivity contribution in [2.24, 2.45) is 0 Å². The second-order valence-corrected chi connectivity index (χ2v) is 3.63. The smallest absolute Gasteiger partial charge is 0.321 e. The standard InChI is InChI=1S/C11H8ClFN2O/c1-7-4-9(2-3-10(7)13)16-11-14-5-8(12)6-15-11/h2-6H,1H3. The molecule has 0 aliphatic rings. The average Bonchev–Trinajstić information content (AvgIpc) is 2.27. The molecule has 5 heteroatoms. The lowest BCUT2D eigenvalue weighted by Crippen LogP contribution is -1.92. The molecule has 2 rings (SSSR count). The van der Waals surface area contributed by atoms with Crippen LogP contribution in [0.5, 0.6) is 11.8 Å². The molecule has 0 unspecified atom stereocenters. The van der Waals surface area contributed by atoms with Crippen LogP contribution in [0.1, 0.15) is 5.56 Å². The summed E-state index contributed by atoms with van der Waals surface area (Å²) in [7, 11) is 0. The molecule has 0 fully saturated rings. The fourth-order valence-corrected chi connectivity index (χ4v) is 1.24. The van der Waals surface area contributed by atoms with Crippen molar-refractivity contribution in [3.05, 3.63) is 47.0 Å². The zero-order chi connectivity index (χ0) is 11.5. The predicted molar refractivity (Wildman–Crippen MR) is 58.3 cm³/mol. The summed E-state index contributed by atoms with van der Waals surface area (Å²) in [5.74, 6) is 0.214. The summed E-state index contributed by atoms with van der Waals surface area (Å²) in [5, 5.41) is 0.433. The first-order valence-corrected chi connectivity index (χ1v) is 4.94. The van der Waals surface area contributed by atoms with Crippen LogP contribution in [-0.2, 0) is 0 Å². The third-order valence-corrected chi connectivity index (χ3v) is 2.13. The van der Waals surface area contributed by atoms with Crippen molar-refractivity contribution in [2.45, 2.75) is 6.92 Å². The third-order valence-electron chi connectivity index (χ3n) is 1.94. The lowest BCUT2D eigenvalue weighted by Gasteiger charge is -2.04. The van der Waals surface area contributed by atoms with Gasteiger partial charge in [0, 0.05) is 0 Å². The van der Waals surface area contributed by atoms with Gasteiger partial charge in [-0.25, -0.2) is 14.4 Å². The largest absolute Gasteiger partial charge is 0.424 e. The fraction of sp³-hybridized carbons (Fsp3) is 0.0909. The van der Waals surface area contributed by atoms with Crippen molar-refractivity contribution in [2.75, 3.05) is 0 Å². The SMILES string of the molecule is Cc1cc(Oc2ncc(Cl)cn2)ccc1F. The van der Waals surface area contributed by atoms with Gasteiger partial charge in [0.2, 0.25) is 0 Å². The number of aryl methyl sites for hydroxylation is 1. The third kappa shape index (κ3) is 2.46. The van der Waals surface area contributed by atoms with E-state index in [4.69, 9.17) is 16.3 Å². The van der Waals surface area contributed by atoms with Crippen LogP contribution in [0, 0.1) is 12.7 Å². The van der Waals surface area contributed by atoms with Crippen LogP contribution in [0.25, 0.3) is 0 Å². The Morgan fingerprint density at radius 1 is 1.25 bits per heavy atom. The van der Waals surface area contributed by atoms with E-state index in [9.17, 15) is 4.39 Å². The molecule has 0 aliphatic heterocycles. The molecule has 0 aliphatic carbocycles. The van der Waals surface area contributed by atoms with E-state index in [0.717, 1.165) is 0 Å². The maximum absolute atomic E-state index is 13.0. The minimum absolute atomic E-state index is 0.176. The topological polar surface area (TPSA) is 35.0 Å². The minimum Gasteiger partial charge on any atom is -0.424 e. The first-order chi connectivity index (χ1) is 7.65. The van der Waals surface area contributed by atoms with Crippen molar-refractivity contribution in [3.8, 4) is 11.8 Å². The van der Waals surface area contributed by atoms with E-state index < -0.39 is 0 Å². The first kappa shape index (κ1) is 10.8. The Labute approximate surface area is 96.9 Å². The summed E-state index contributed by atoms with van der Waals surface area (Å²) >= 11 is 5.63. The number of aromatic nitrogens is 2. The number of hydrogen-bond acceptors (Lipinski definition) is 3. The van der Waals surface area contributed by atoms with Gasteiger partial charge in [0.1, 0.15) is 11.6 Å². The van der Waals surface area contributed by atoms with Gasteiger partial charge in [-0.2, -0.15) is 0 Å². The molecule has 2 aromatic rings. The van der Waals surface area contributed by atoms with E-state index in [0.29, 0.717) is 16.3 Å². The Morgan fingerprint density at radius 2 is 1.94 bits per heavy atom. The van der Waals surface area contributed by atoms with Crippen LogP contribution in [0.2, 0.25) is 5.02 Å². The zero-order valence-corrected chi connectivity index (χ0v) is 9.20. The van der Waals surface area contributed by atoms with Gasteiger partial charge in [0.05, 0.1) is 17.4 Å². The Hall–Kier alpha value is -1.68. The van der Waals surface area contributed by atoms with E-state index in [2.05, 4.69) is 9.97 Å². The van der Waals surface area contributed by atoms with Crippen molar-refractivity contribution < 1.29 is 9.13 Å². The normalized spacial score (nSPS) is 10.2. The van der Waals surface area contributed by atoms with Crippen LogP contribution in [-0.4, -0.2) is 9.97 Å². The summed E-state index contributed by atoms with van der Waals surface area (Å²) < 4.78 is 18.3. The number of halogens is 2. The number of hydrogen-bond donors (Lipinski definition) is 0. The molecule has 0 amide bonds. The summed E-state index contributed by atoms with van der Waals surface area (Å²) in [5.41, 5.74) is 0.506. The van der Waals surface area contributed by atoms with Crippen LogP contribution >= 0.6 is 11.6 Å². The molecular formula is C11H8ClFN2O. The molecule has 1 heterocycles. The van der Waals surface area contributed by atoms with Crippen molar-refractivity contribution in [1.29, 1.82) is 0 Å². The van der Waals surface area contributed by atoms with Crippen molar-refractivity contribution >= 4 is 11.6 Å². The molecule has 0 N–H and O–H groups in total. The number of ether oxygens (including phenoxy) is 1. The van der Waals surface area contributed by atoms with Gasteiger partial charge in [-0.3, -0.25) is 0 Å². The number of nitrogens with zero attached hydrogens (tertiary/aromatic N) is 2. The van der Waals surface area contributed by atoms with E-state index >= 15 is 0 Å². The Morgan fingerprint density at radius 3 is 2.56 bits per heavy atom. The molecule has 1 aromatic carbocycles. The molecule has 0 atom stereocenters. The maximum Gasteiger partial charge on any atom is 0.321 e. The lowest BCUT2D eigenvalue weighted by atomic mass is 10.2. The second kappa shape index (κ2) is 4.45. The summed E-state index contributed by atoms with van der Waals surface area (Å²) in [6.45, 7) is 1.66. The van der Waals surface area contributed by atoms with Gasteiger partial charge in [-0.05, 0) is 30.7 Å². The quantitative estimate of drug-likeness (QED) is 0.805. The summed E-state index contributed by atoms with van der Waals surface area (Å²) in [4.78, 5) is 7.73. The molecule has 0 spiro atoms. The molecule has 82 valence electrons. The molecule has 16 heavy (non-hydrogen) atoms. The van der Waals surface area contributed by atoms with E-state index in [1.54, 1.807) is 13.0 Å². The molecule has 0 saturated heterocycles. The summed E-state index contributed by atoms with van der Waals surface area (Å²) in [6.07, 6.45) is 2.86. The van der Waals surface area contributed by atoms with Gasteiger partial charge >= 0.3 is 6.01 Å². The zero-order valence-electron chi connectivity index (χ0n) is 8.45. The van der Waals surface area contributed by atoms with E-state index in [-0.39, 0.29) is 11.8 Å². The molecular weight excluding hydrogens is 231 g/mol. The molecule has 1 aromatic heterocycles. The Bertz CT molecular complexity index is 502. The fourth-order valence-electron chi connectivity index (χ4n) is 1.14. The average molecular weight is 239 g/mol. The van der Waals surface area contributed by atoms with Crippen LogP contribution in [0.15, 0.2) is 30.6 Å². The van der Waals surface area contributed by atoms with Crippen LogP contribution in [0.4, 0.5) is 4.39 Å². The highest BCUT2D eigenvalue weighted by molar-refractivity contribution is 6.30. The van der Waals surface area contributed by atoms with Gasteiger partial charge in [0.25, 0.3) is 0 Å². The number of benzene rings is 1. The van der Waals surface area contributed by atoms with Gasteiger partial charge in [0.15, 0.2) is 0 Å². The predicted octanol–water partition coefficient (Wildman–Crippen LogP) is 3.37. The minimum atomic E-state index is -0.274. The maximum atomic E-state index is 13.0. The summed E-state index contributed by atoms with van der Waals surface area (Å²) in [6, 6.07) is 4.60. The van der Waals surface area contributed by atoms with Crippen LogP contribution < -0.4 is 4.74 Å². The Balaban J connectivity index is 2.20. The highest BCUT2D eigenvalue weighted by Crippen LogP contribution is 2.20. The second-order valence-electron chi connectivity index (χ2n) is 3.20. The van der Waals surface area contributed by atoms with Gasteiger partial charge in [-0.15, -0.1) is 0 Å². The van der Waals surface area contributed by atoms with Gasteiger partial charge < -0.3 is 4.74 Å². The van der Waals surface area contributed by atoms with Crippen LogP contribution in [0.3, 0.4) is 0 Å². The molecule has 0 saturated carbocycles. The van der Waals surface area contributed by atoms with Crippen molar-refractivity contribution in [3.63, 3.8) is 0 Å². The first-order valence-electron chi connectivity index (χ1n) is 4.57. The molecule has 0 radical (unpaired) electrons. The Kier molecular flexibility index (Phi) is 3.01. The van der Waals surface area contributed by atoms with E-state index in [1.807, 2.05) is 0 Å². The molecule has 3 nitrogen and oxygen atoms in total.